The molecule has 2 aliphatic rings. The molecule has 2 aliphatic heterocycles. The molecule has 0 bridgehead atoms. The van der Waals surface area contributed by atoms with Gasteiger partial charge in [0.25, 0.3) is 0 Å². The van der Waals surface area contributed by atoms with Gasteiger partial charge in [-0.05, 0) is 48.7 Å². The third kappa shape index (κ3) is 5.45. The van der Waals surface area contributed by atoms with Gasteiger partial charge in [0.15, 0.2) is 0 Å². The molecule has 2 aromatic rings. The van der Waals surface area contributed by atoms with Crippen molar-refractivity contribution < 1.29 is 14.6 Å². The van der Waals surface area contributed by atoms with Gasteiger partial charge in [0.1, 0.15) is 0 Å². The molecule has 162 valence electrons. The summed E-state index contributed by atoms with van der Waals surface area (Å²) in [4.78, 5) is 15.7. The Morgan fingerprint density at radius 2 is 2.07 bits per heavy atom. The second kappa shape index (κ2) is 10.6. The van der Waals surface area contributed by atoms with Gasteiger partial charge in [0.2, 0.25) is 0 Å². The molecule has 4 rings (SSSR count). The maximum atomic E-state index is 11.3. The van der Waals surface area contributed by atoms with Crippen LogP contribution in [0.15, 0.2) is 46.2 Å². The summed E-state index contributed by atoms with van der Waals surface area (Å²) in [7, 11) is 0. The van der Waals surface area contributed by atoms with Crippen LogP contribution in [-0.2, 0) is 16.0 Å². The first kappa shape index (κ1) is 23.7. The van der Waals surface area contributed by atoms with Gasteiger partial charge < -0.3 is 14.7 Å². The molecule has 1 unspecified atom stereocenters. The van der Waals surface area contributed by atoms with Gasteiger partial charge in [-0.15, -0.1) is 12.4 Å². The van der Waals surface area contributed by atoms with Crippen LogP contribution in [0.1, 0.15) is 30.1 Å². The molecule has 0 amide bonds. The van der Waals surface area contributed by atoms with Crippen LogP contribution in [-0.4, -0.2) is 42.2 Å². The first-order valence-electron chi connectivity index (χ1n) is 9.82. The number of likely N-dealkylation sites (tertiary alicyclic amines) is 1. The largest absolute Gasteiger partial charge is 0.481 e. The molecule has 4 nitrogen and oxygen atoms in total. The molecule has 2 aromatic carbocycles. The van der Waals surface area contributed by atoms with Gasteiger partial charge in [-0.25, -0.2) is 0 Å². The van der Waals surface area contributed by atoms with E-state index in [1.807, 2.05) is 18.2 Å². The highest BCUT2D eigenvalue weighted by Crippen LogP contribution is 2.45. The number of nitrogens with zero attached hydrogens (tertiary/aromatic N) is 1. The zero-order chi connectivity index (χ0) is 20.4. The molecular formula is C22H24Cl3NO3S. The van der Waals surface area contributed by atoms with Gasteiger partial charge >= 0.3 is 5.97 Å². The van der Waals surface area contributed by atoms with E-state index in [4.69, 9.17) is 27.9 Å². The third-order valence-electron chi connectivity index (χ3n) is 5.55. The molecule has 1 saturated heterocycles. The van der Waals surface area contributed by atoms with Crippen LogP contribution < -0.4 is 0 Å². The zero-order valence-electron chi connectivity index (χ0n) is 16.4. The Hall–Kier alpha value is -0.950. The molecular weight excluding hydrogens is 465 g/mol. The lowest BCUT2D eigenvalue weighted by Gasteiger charge is -2.31. The smallest absolute Gasteiger partial charge is 0.307 e. The quantitative estimate of drug-likeness (QED) is 0.561. The van der Waals surface area contributed by atoms with E-state index < -0.39 is 5.97 Å². The first-order chi connectivity index (χ1) is 14.0. The van der Waals surface area contributed by atoms with Gasteiger partial charge in [0.05, 0.1) is 23.7 Å². The fraction of sp³-hybridized carbons (Fsp3) is 0.409. The van der Waals surface area contributed by atoms with Crippen molar-refractivity contribution in [1.82, 2.24) is 4.90 Å². The lowest BCUT2D eigenvalue weighted by atomic mass is 9.98. The number of halogens is 3. The molecule has 30 heavy (non-hydrogen) atoms. The lowest BCUT2D eigenvalue weighted by Crippen LogP contribution is -2.40. The summed E-state index contributed by atoms with van der Waals surface area (Å²) in [5.74, 6) is -0.967. The van der Waals surface area contributed by atoms with E-state index in [9.17, 15) is 9.90 Å². The van der Waals surface area contributed by atoms with Crippen LogP contribution in [0, 0.1) is 5.92 Å². The van der Waals surface area contributed by atoms with Crippen LogP contribution in [0.2, 0.25) is 10.0 Å². The minimum Gasteiger partial charge on any atom is -0.481 e. The molecule has 1 fully saturated rings. The molecule has 2 atom stereocenters. The lowest BCUT2D eigenvalue weighted by molar-refractivity contribution is -0.143. The normalized spacial score (nSPS) is 21.1. The zero-order valence-corrected chi connectivity index (χ0v) is 19.5. The molecule has 0 spiro atoms. The number of hydrogen-bond donors (Lipinski definition) is 1. The summed E-state index contributed by atoms with van der Waals surface area (Å²) >= 11 is 14.4. The van der Waals surface area contributed by atoms with Crippen molar-refractivity contribution in [2.45, 2.75) is 35.2 Å². The maximum Gasteiger partial charge on any atom is 0.307 e. The Labute approximate surface area is 197 Å². The van der Waals surface area contributed by atoms with Crippen molar-refractivity contribution in [3.8, 4) is 0 Å². The van der Waals surface area contributed by atoms with Crippen molar-refractivity contribution in [3.63, 3.8) is 0 Å². The van der Waals surface area contributed by atoms with E-state index in [0.717, 1.165) is 46.8 Å². The van der Waals surface area contributed by atoms with E-state index in [2.05, 4.69) is 17.0 Å². The number of aliphatic carboxylic acids is 1. The number of carboxylic acids is 1. The van der Waals surface area contributed by atoms with Gasteiger partial charge in [0, 0.05) is 34.3 Å². The molecule has 0 aromatic heterocycles. The van der Waals surface area contributed by atoms with Crippen molar-refractivity contribution in [2.75, 3.05) is 26.2 Å². The fourth-order valence-corrected chi connectivity index (χ4v) is 5.84. The van der Waals surface area contributed by atoms with E-state index in [0.29, 0.717) is 29.6 Å². The Balaban J connectivity index is 0.00000256. The third-order valence-corrected chi connectivity index (χ3v) is 7.46. The summed E-state index contributed by atoms with van der Waals surface area (Å²) in [5.41, 5.74) is 2.25. The van der Waals surface area contributed by atoms with Crippen molar-refractivity contribution >= 4 is 53.3 Å². The Kier molecular flexibility index (Phi) is 8.36. The molecule has 0 aliphatic carbocycles. The highest BCUT2D eigenvalue weighted by molar-refractivity contribution is 7.99. The van der Waals surface area contributed by atoms with Gasteiger partial charge in [-0.2, -0.15) is 0 Å². The number of piperidine rings is 1. The second-order valence-electron chi connectivity index (χ2n) is 7.56. The van der Waals surface area contributed by atoms with Crippen LogP contribution in [0.3, 0.4) is 0 Å². The van der Waals surface area contributed by atoms with Crippen LogP contribution >= 0.6 is 47.4 Å². The molecule has 8 heteroatoms. The number of hydrogen-bond acceptors (Lipinski definition) is 4. The topological polar surface area (TPSA) is 49.8 Å². The minimum atomic E-state index is -0.698. The van der Waals surface area contributed by atoms with E-state index in [-0.39, 0.29) is 24.4 Å². The summed E-state index contributed by atoms with van der Waals surface area (Å²) < 4.78 is 6.34. The average Bonchev–Trinajstić information content (AvgIpc) is 2.85. The van der Waals surface area contributed by atoms with Gasteiger partial charge in [-0.3, -0.25) is 4.79 Å². The second-order valence-corrected chi connectivity index (χ2v) is 9.45. The SMILES string of the molecule is Cl.O=C(O)[C@@H]1CCCN(CCOC2Cc3cc(Cl)cc(Cl)c3Sc3ccccc32)C1. The highest BCUT2D eigenvalue weighted by atomic mass is 35.5. The first-order valence-corrected chi connectivity index (χ1v) is 11.4. The summed E-state index contributed by atoms with van der Waals surface area (Å²) in [6.07, 6.45) is 2.30. The van der Waals surface area contributed by atoms with Crippen LogP contribution in [0.5, 0.6) is 0 Å². The number of ether oxygens (including phenoxy) is 1. The number of carboxylic acid groups (broad SMARTS) is 1. The number of benzene rings is 2. The number of rotatable bonds is 5. The van der Waals surface area contributed by atoms with Crippen LogP contribution in [0.4, 0.5) is 0 Å². The van der Waals surface area contributed by atoms with E-state index >= 15 is 0 Å². The minimum absolute atomic E-state index is 0. The number of fused-ring (bicyclic) bond motifs is 2. The number of carbonyl (C=O) groups is 1. The van der Waals surface area contributed by atoms with E-state index in [1.165, 1.54) is 0 Å². The highest BCUT2D eigenvalue weighted by Gasteiger charge is 2.27. The van der Waals surface area contributed by atoms with Crippen LogP contribution in [0.25, 0.3) is 0 Å². The summed E-state index contributed by atoms with van der Waals surface area (Å²) in [6, 6.07) is 12.0. The molecule has 0 radical (unpaired) electrons. The fourth-order valence-electron chi connectivity index (χ4n) is 4.07. The monoisotopic (exact) mass is 487 g/mol. The molecule has 2 heterocycles. The Morgan fingerprint density at radius 3 is 2.87 bits per heavy atom. The van der Waals surface area contributed by atoms with Crippen molar-refractivity contribution in [3.05, 3.63) is 57.6 Å². The van der Waals surface area contributed by atoms with Crippen molar-refractivity contribution in [1.29, 1.82) is 0 Å². The Morgan fingerprint density at radius 1 is 1.27 bits per heavy atom. The standard InChI is InChI=1S/C22H23Cl2NO3S.ClH/c23-16-10-15-11-19(28-9-8-25-7-3-4-14(13-25)22(26)27)17-5-1-2-6-20(17)29-21(15)18(24)12-16;/h1-2,5-6,10,12,14,19H,3-4,7-9,11,13H2,(H,26,27);1H/t14-,19?;/m1./s1. The predicted molar refractivity (Wildman–Crippen MR) is 123 cm³/mol. The summed E-state index contributed by atoms with van der Waals surface area (Å²) in [6.45, 7) is 2.82. The maximum absolute atomic E-state index is 11.3. The van der Waals surface area contributed by atoms with Gasteiger partial charge in [-0.1, -0.05) is 53.2 Å². The van der Waals surface area contributed by atoms with E-state index in [1.54, 1.807) is 17.8 Å². The molecule has 0 saturated carbocycles. The predicted octanol–water partition coefficient (Wildman–Crippen LogP) is 5.98. The molecule has 1 N–H and O–H groups in total. The van der Waals surface area contributed by atoms with Crippen molar-refractivity contribution in [2.24, 2.45) is 5.92 Å². The summed E-state index contributed by atoms with van der Waals surface area (Å²) in [5, 5.41) is 10.6. The Bertz CT molecular complexity index is 911. The average molecular weight is 489 g/mol.